The van der Waals surface area contributed by atoms with E-state index in [1.165, 1.54) is 57.8 Å². The maximum Gasteiger partial charge on any atom is 0.137 e. The van der Waals surface area contributed by atoms with Crippen LogP contribution in [0.1, 0.15) is 120 Å². The molecule has 5 rings (SSSR count). The zero-order chi connectivity index (χ0) is 22.6. The number of fused-ring (bicyclic) bond motifs is 7. The van der Waals surface area contributed by atoms with Crippen molar-refractivity contribution >= 4 is 5.78 Å². The van der Waals surface area contributed by atoms with E-state index >= 15 is 0 Å². The highest BCUT2D eigenvalue weighted by molar-refractivity contribution is 5.85. The second kappa shape index (κ2) is 6.50. The van der Waals surface area contributed by atoms with Gasteiger partial charge in [-0.05, 0) is 96.2 Å². The third-order valence-corrected chi connectivity index (χ3v) is 12.6. The van der Waals surface area contributed by atoms with Crippen LogP contribution in [-0.2, 0) is 4.79 Å². The second-order valence-electron chi connectivity index (χ2n) is 14.5. The number of carbonyl (C=O) groups excluding carboxylic acids is 1. The van der Waals surface area contributed by atoms with E-state index in [4.69, 9.17) is 0 Å². The molecule has 4 fully saturated rings. The van der Waals surface area contributed by atoms with Gasteiger partial charge in [0.25, 0.3) is 0 Å². The summed E-state index contributed by atoms with van der Waals surface area (Å²) in [6.45, 7) is 20.0. The summed E-state index contributed by atoms with van der Waals surface area (Å²) in [7, 11) is 0. The van der Waals surface area contributed by atoms with Crippen molar-refractivity contribution in [3.05, 3.63) is 11.1 Å². The average Bonchev–Trinajstić information content (AvgIpc) is 2.98. The lowest BCUT2D eigenvalue weighted by atomic mass is 9.32. The topological polar surface area (TPSA) is 17.1 Å². The summed E-state index contributed by atoms with van der Waals surface area (Å²) in [5.41, 5.74) is 4.86. The molecule has 174 valence electrons. The molecule has 4 saturated carbocycles. The highest BCUT2D eigenvalue weighted by Crippen LogP contribution is 2.76. The fourth-order valence-corrected chi connectivity index (χ4v) is 11.3. The third kappa shape index (κ3) is 2.59. The molecule has 5 aliphatic rings. The summed E-state index contributed by atoms with van der Waals surface area (Å²) in [5, 5.41) is 0. The van der Waals surface area contributed by atoms with Crippen LogP contribution >= 0.6 is 0 Å². The lowest BCUT2D eigenvalue weighted by molar-refractivity contribution is -0.220. The minimum absolute atomic E-state index is 0.167. The summed E-state index contributed by atoms with van der Waals surface area (Å²) in [4.78, 5) is 14.0. The standard InChI is InChI=1S/C30H48O/c1-19(2)20-12-16-27(5)21(20)13-17-29(7)23(27)10-11-24-28(6)15-9-14-26(3,4)25(28)22(31)18-30(24,29)8/h19,23-25H,9-18H2,1-8H3/t23-,24-,25?,27+,28-,29-,30-/m1/s1. The zero-order valence-corrected chi connectivity index (χ0v) is 21.8. The van der Waals surface area contributed by atoms with Gasteiger partial charge in [-0.3, -0.25) is 4.79 Å². The number of carbonyl (C=O) groups is 1. The predicted molar refractivity (Wildman–Crippen MR) is 130 cm³/mol. The Kier molecular flexibility index (Phi) is 4.66. The fraction of sp³-hybridized carbons (Fsp3) is 0.900. The van der Waals surface area contributed by atoms with Gasteiger partial charge in [-0.2, -0.15) is 0 Å². The van der Waals surface area contributed by atoms with Gasteiger partial charge in [0, 0.05) is 12.3 Å². The van der Waals surface area contributed by atoms with E-state index in [0.717, 1.165) is 12.3 Å². The van der Waals surface area contributed by atoms with E-state index in [9.17, 15) is 4.79 Å². The minimum Gasteiger partial charge on any atom is -0.299 e. The van der Waals surface area contributed by atoms with Crippen molar-refractivity contribution < 1.29 is 4.79 Å². The molecule has 0 aromatic rings. The van der Waals surface area contributed by atoms with Crippen LogP contribution in [0.5, 0.6) is 0 Å². The Bertz CT molecular complexity index is 831. The molecule has 1 nitrogen and oxygen atoms in total. The number of allylic oxidation sites excluding steroid dienone is 2. The molecular weight excluding hydrogens is 376 g/mol. The number of ketones is 1. The maximum atomic E-state index is 14.0. The van der Waals surface area contributed by atoms with Crippen molar-refractivity contribution in [1.82, 2.24) is 0 Å². The normalized spacial score (nSPS) is 51.3. The third-order valence-electron chi connectivity index (χ3n) is 12.6. The number of hydrogen-bond acceptors (Lipinski definition) is 1. The molecule has 0 aliphatic heterocycles. The van der Waals surface area contributed by atoms with Gasteiger partial charge in [-0.1, -0.05) is 73.0 Å². The maximum absolute atomic E-state index is 14.0. The van der Waals surface area contributed by atoms with Gasteiger partial charge in [-0.25, -0.2) is 0 Å². The minimum atomic E-state index is 0.167. The van der Waals surface area contributed by atoms with E-state index in [-0.39, 0.29) is 22.2 Å². The molecule has 0 heterocycles. The molecule has 1 heteroatoms. The Morgan fingerprint density at radius 2 is 1.48 bits per heavy atom. The molecule has 0 aromatic heterocycles. The molecule has 31 heavy (non-hydrogen) atoms. The van der Waals surface area contributed by atoms with Crippen LogP contribution in [0, 0.1) is 50.7 Å². The molecule has 0 N–H and O–H groups in total. The van der Waals surface area contributed by atoms with Crippen molar-refractivity contribution in [3.8, 4) is 0 Å². The molecule has 0 radical (unpaired) electrons. The first-order chi connectivity index (χ1) is 14.3. The predicted octanol–water partition coefficient (Wildman–Crippen LogP) is 8.38. The van der Waals surface area contributed by atoms with Crippen molar-refractivity contribution in [1.29, 1.82) is 0 Å². The Balaban J connectivity index is 1.59. The highest BCUT2D eigenvalue weighted by atomic mass is 16.1. The first-order valence-electron chi connectivity index (χ1n) is 13.6. The van der Waals surface area contributed by atoms with Crippen LogP contribution in [0.3, 0.4) is 0 Å². The van der Waals surface area contributed by atoms with Gasteiger partial charge in [0.05, 0.1) is 0 Å². The first-order valence-corrected chi connectivity index (χ1v) is 13.6. The van der Waals surface area contributed by atoms with Crippen molar-refractivity contribution in [3.63, 3.8) is 0 Å². The molecular formula is C30H48O. The van der Waals surface area contributed by atoms with E-state index < -0.39 is 0 Å². The van der Waals surface area contributed by atoms with Crippen LogP contribution in [0.15, 0.2) is 11.1 Å². The summed E-state index contributed by atoms with van der Waals surface area (Å²) in [6, 6.07) is 0. The van der Waals surface area contributed by atoms with Gasteiger partial charge in [0.1, 0.15) is 5.78 Å². The molecule has 0 saturated heterocycles. The smallest absolute Gasteiger partial charge is 0.137 e. The average molecular weight is 425 g/mol. The van der Waals surface area contributed by atoms with Crippen molar-refractivity contribution in [2.24, 2.45) is 50.7 Å². The van der Waals surface area contributed by atoms with Gasteiger partial charge in [0.15, 0.2) is 0 Å². The molecule has 0 aromatic carbocycles. The molecule has 0 bridgehead atoms. The van der Waals surface area contributed by atoms with E-state index in [0.29, 0.717) is 28.4 Å². The number of rotatable bonds is 1. The molecule has 7 atom stereocenters. The van der Waals surface area contributed by atoms with Crippen LogP contribution in [0.4, 0.5) is 0 Å². The monoisotopic (exact) mass is 424 g/mol. The summed E-state index contributed by atoms with van der Waals surface area (Å²) in [6.07, 6.45) is 12.7. The van der Waals surface area contributed by atoms with Crippen LogP contribution in [-0.4, -0.2) is 5.78 Å². The summed E-state index contributed by atoms with van der Waals surface area (Å²) >= 11 is 0. The number of Topliss-reactive ketones (excluding diaryl/α,β-unsaturated/α-hetero) is 1. The van der Waals surface area contributed by atoms with Crippen LogP contribution in [0.2, 0.25) is 0 Å². The van der Waals surface area contributed by atoms with Crippen molar-refractivity contribution in [2.45, 2.75) is 120 Å². The Morgan fingerprint density at radius 3 is 2.16 bits per heavy atom. The SMILES string of the molecule is CC(C)C1=C2CC[C@]3(C)[C@H](CC[C@@H]4[C@@]5(C)CCCC(C)(C)C5C(=O)C[C@]43C)[C@@]2(C)CC1. The van der Waals surface area contributed by atoms with Gasteiger partial charge in [-0.15, -0.1) is 0 Å². The number of hydrogen-bond donors (Lipinski definition) is 0. The van der Waals surface area contributed by atoms with E-state index in [1.54, 1.807) is 5.57 Å². The molecule has 0 amide bonds. The Hall–Kier alpha value is -0.590. The van der Waals surface area contributed by atoms with Crippen molar-refractivity contribution in [2.75, 3.05) is 0 Å². The van der Waals surface area contributed by atoms with E-state index in [1.807, 2.05) is 5.57 Å². The highest BCUT2D eigenvalue weighted by Gasteiger charge is 2.70. The second-order valence-corrected chi connectivity index (χ2v) is 14.5. The Morgan fingerprint density at radius 1 is 0.806 bits per heavy atom. The molecule has 0 spiro atoms. The first kappa shape index (κ1) is 22.2. The Labute approximate surface area is 192 Å². The van der Waals surface area contributed by atoms with Gasteiger partial charge in [0.2, 0.25) is 0 Å². The lowest BCUT2D eigenvalue weighted by Gasteiger charge is -2.72. The fourth-order valence-electron chi connectivity index (χ4n) is 11.3. The van der Waals surface area contributed by atoms with Gasteiger partial charge < -0.3 is 0 Å². The summed E-state index contributed by atoms with van der Waals surface area (Å²) < 4.78 is 0. The molecule has 1 unspecified atom stereocenters. The van der Waals surface area contributed by atoms with E-state index in [2.05, 4.69) is 55.4 Å². The van der Waals surface area contributed by atoms with Crippen LogP contribution in [0.25, 0.3) is 0 Å². The lowest BCUT2D eigenvalue weighted by Crippen LogP contribution is -2.67. The van der Waals surface area contributed by atoms with Crippen LogP contribution < -0.4 is 0 Å². The largest absolute Gasteiger partial charge is 0.299 e. The summed E-state index contributed by atoms with van der Waals surface area (Å²) in [5.74, 6) is 3.07. The zero-order valence-electron chi connectivity index (χ0n) is 21.8. The molecule has 5 aliphatic carbocycles. The van der Waals surface area contributed by atoms with Gasteiger partial charge >= 0.3 is 0 Å². The quantitative estimate of drug-likeness (QED) is 0.386.